The molecule has 2 fully saturated rings. The Morgan fingerprint density at radius 1 is 1.19 bits per heavy atom. The lowest BCUT2D eigenvalue weighted by Crippen LogP contribution is -2.47. The van der Waals surface area contributed by atoms with Gasteiger partial charge in [0.05, 0.1) is 0 Å². The lowest BCUT2D eigenvalue weighted by atomic mass is 10.2. The highest BCUT2D eigenvalue weighted by Gasteiger charge is 2.43. The Hall–Kier alpha value is -1.35. The number of fused-ring (bicyclic) bond motifs is 2. The maximum absolute atomic E-state index is 12.3. The largest absolute Gasteiger partial charge is 0.333 e. The normalized spacial score (nSPS) is 28.7. The summed E-state index contributed by atoms with van der Waals surface area (Å²) in [4.78, 5) is 16.7. The Morgan fingerprint density at radius 3 is 2.50 bits per heavy atom. The van der Waals surface area contributed by atoms with Crippen molar-refractivity contribution in [1.29, 1.82) is 0 Å². The van der Waals surface area contributed by atoms with Gasteiger partial charge in [-0.15, -0.1) is 0 Å². The summed E-state index contributed by atoms with van der Waals surface area (Å²) < 4.78 is 0. The molecule has 1 amide bonds. The number of likely N-dealkylation sites (N-methyl/N-ethyl adjacent to an activating group) is 1. The van der Waals surface area contributed by atoms with E-state index in [0.29, 0.717) is 12.1 Å². The van der Waals surface area contributed by atoms with Crippen LogP contribution in [0.15, 0.2) is 30.3 Å². The molecular formula is C13H16N2O. The summed E-state index contributed by atoms with van der Waals surface area (Å²) in [5.41, 5.74) is 0.817. The second-order valence-electron chi connectivity index (χ2n) is 4.81. The number of rotatable bonds is 1. The molecule has 0 radical (unpaired) electrons. The molecule has 84 valence electrons. The molecule has 16 heavy (non-hydrogen) atoms. The van der Waals surface area contributed by atoms with Gasteiger partial charge in [-0.3, -0.25) is 9.69 Å². The monoisotopic (exact) mass is 216 g/mol. The van der Waals surface area contributed by atoms with Gasteiger partial charge < -0.3 is 4.90 Å². The van der Waals surface area contributed by atoms with E-state index in [2.05, 4.69) is 11.9 Å². The topological polar surface area (TPSA) is 23.6 Å². The third kappa shape index (κ3) is 1.43. The van der Waals surface area contributed by atoms with E-state index in [1.165, 1.54) is 0 Å². The van der Waals surface area contributed by atoms with E-state index in [9.17, 15) is 4.79 Å². The molecule has 1 aromatic rings. The first-order valence-corrected chi connectivity index (χ1v) is 5.82. The van der Waals surface area contributed by atoms with E-state index in [1.54, 1.807) is 0 Å². The SMILES string of the molecule is CN1C[C@H]2C[C@@H]1CN2C(=O)c1ccccc1. The number of benzene rings is 1. The molecular weight excluding hydrogens is 200 g/mol. The molecule has 2 atom stereocenters. The Kier molecular flexibility index (Phi) is 2.21. The highest BCUT2D eigenvalue weighted by molar-refractivity contribution is 5.94. The molecule has 3 heteroatoms. The standard InChI is InChI=1S/C13H16N2O/c1-14-8-12-7-11(14)9-15(12)13(16)10-5-3-2-4-6-10/h2-6,11-12H,7-9H2,1H3/t11-,12-/m1/s1. The molecule has 0 aliphatic carbocycles. The van der Waals surface area contributed by atoms with Crippen LogP contribution >= 0.6 is 0 Å². The van der Waals surface area contributed by atoms with Crippen molar-refractivity contribution in [2.24, 2.45) is 0 Å². The maximum atomic E-state index is 12.3. The van der Waals surface area contributed by atoms with Crippen LogP contribution in [0.2, 0.25) is 0 Å². The van der Waals surface area contributed by atoms with Crippen LogP contribution in [0, 0.1) is 0 Å². The van der Waals surface area contributed by atoms with E-state index in [4.69, 9.17) is 0 Å². The van der Waals surface area contributed by atoms with Gasteiger partial charge in [-0.2, -0.15) is 0 Å². The molecule has 0 spiro atoms. The summed E-state index contributed by atoms with van der Waals surface area (Å²) in [5.74, 6) is 0.196. The van der Waals surface area contributed by atoms with Gasteiger partial charge >= 0.3 is 0 Å². The van der Waals surface area contributed by atoms with Gasteiger partial charge in [0.1, 0.15) is 0 Å². The van der Waals surface area contributed by atoms with E-state index in [1.807, 2.05) is 35.2 Å². The van der Waals surface area contributed by atoms with Crippen molar-refractivity contribution < 1.29 is 4.79 Å². The van der Waals surface area contributed by atoms with Crippen LogP contribution in [0.4, 0.5) is 0 Å². The molecule has 2 aliphatic rings. The molecule has 1 aromatic carbocycles. The van der Waals surface area contributed by atoms with Crippen LogP contribution in [0.25, 0.3) is 0 Å². The average molecular weight is 216 g/mol. The molecule has 0 saturated carbocycles. The highest BCUT2D eigenvalue weighted by atomic mass is 16.2. The minimum absolute atomic E-state index is 0.196. The number of likely N-dealkylation sites (tertiary alicyclic amines) is 2. The highest BCUT2D eigenvalue weighted by Crippen LogP contribution is 2.30. The Balaban J connectivity index is 1.79. The van der Waals surface area contributed by atoms with Gasteiger partial charge in [0.25, 0.3) is 5.91 Å². The molecule has 3 rings (SSSR count). The second kappa shape index (κ2) is 3.59. The van der Waals surface area contributed by atoms with E-state index in [-0.39, 0.29) is 5.91 Å². The third-order valence-corrected chi connectivity index (χ3v) is 3.80. The Labute approximate surface area is 95.7 Å². The Morgan fingerprint density at radius 2 is 1.94 bits per heavy atom. The van der Waals surface area contributed by atoms with Crippen LogP contribution in [0.1, 0.15) is 16.8 Å². The van der Waals surface area contributed by atoms with Crippen LogP contribution < -0.4 is 0 Å². The zero-order valence-electron chi connectivity index (χ0n) is 9.47. The molecule has 2 heterocycles. The predicted octanol–water partition coefficient (Wildman–Crippen LogP) is 1.22. The first kappa shape index (κ1) is 9.85. The number of hydrogen-bond donors (Lipinski definition) is 0. The second-order valence-corrected chi connectivity index (χ2v) is 4.81. The summed E-state index contributed by atoms with van der Waals surface area (Å²) >= 11 is 0. The first-order valence-electron chi connectivity index (χ1n) is 5.82. The van der Waals surface area contributed by atoms with Crippen LogP contribution in [-0.4, -0.2) is 47.9 Å². The number of amides is 1. The van der Waals surface area contributed by atoms with Crippen molar-refractivity contribution in [3.05, 3.63) is 35.9 Å². The molecule has 0 unspecified atom stereocenters. The lowest BCUT2D eigenvalue weighted by Gasteiger charge is -2.32. The maximum Gasteiger partial charge on any atom is 0.254 e. The molecule has 2 saturated heterocycles. The smallest absolute Gasteiger partial charge is 0.254 e. The molecule has 3 nitrogen and oxygen atoms in total. The van der Waals surface area contributed by atoms with Gasteiger partial charge in [0, 0.05) is 30.7 Å². The molecule has 0 aromatic heterocycles. The van der Waals surface area contributed by atoms with Crippen LogP contribution in [-0.2, 0) is 0 Å². The van der Waals surface area contributed by atoms with E-state index >= 15 is 0 Å². The van der Waals surface area contributed by atoms with Gasteiger partial charge in [0.2, 0.25) is 0 Å². The summed E-state index contributed by atoms with van der Waals surface area (Å²) in [7, 11) is 2.15. The fraction of sp³-hybridized carbons (Fsp3) is 0.462. The van der Waals surface area contributed by atoms with Crippen molar-refractivity contribution in [3.8, 4) is 0 Å². The van der Waals surface area contributed by atoms with Crippen molar-refractivity contribution in [3.63, 3.8) is 0 Å². The number of piperazine rings is 1. The van der Waals surface area contributed by atoms with Gasteiger partial charge in [0.15, 0.2) is 0 Å². The lowest BCUT2D eigenvalue weighted by molar-refractivity contribution is 0.0650. The third-order valence-electron chi connectivity index (χ3n) is 3.80. The minimum Gasteiger partial charge on any atom is -0.333 e. The first-order chi connectivity index (χ1) is 7.75. The molecule has 2 aliphatic heterocycles. The molecule has 0 N–H and O–H groups in total. The number of carbonyl (C=O) groups is 1. The van der Waals surface area contributed by atoms with Crippen molar-refractivity contribution in [2.75, 3.05) is 20.1 Å². The van der Waals surface area contributed by atoms with Gasteiger partial charge in [-0.1, -0.05) is 18.2 Å². The summed E-state index contributed by atoms with van der Waals surface area (Å²) in [5, 5.41) is 0. The predicted molar refractivity (Wildman–Crippen MR) is 62.3 cm³/mol. The Bertz CT molecular complexity index is 402. The van der Waals surface area contributed by atoms with Crippen molar-refractivity contribution in [2.45, 2.75) is 18.5 Å². The van der Waals surface area contributed by atoms with Crippen LogP contribution in [0.5, 0.6) is 0 Å². The zero-order chi connectivity index (χ0) is 11.1. The molecule has 2 bridgehead atoms. The summed E-state index contributed by atoms with van der Waals surface area (Å²) in [6.45, 7) is 1.93. The average Bonchev–Trinajstić information content (AvgIpc) is 2.88. The van der Waals surface area contributed by atoms with E-state index in [0.717, 1.165) is 25.1 Å². The number of nitrogens with zero attached hydrogens (tertiary/aromatic N) is 2. The van der Waals surface area contributed by atoms with Crippen molar-refractivity contribution >= 4 is 5.91 Å². The van der Waals surface area contributed by atoms with Gasteiger partial charge in [-0.05, 0) is 25.6 Å². The number of hydrogen-bond acceptors (Lipinski definition) is 2. The van der Waals surface area contributed by atoms with Crippen LogP contribution in [0.3, 0.4) is 0 Å². The minimum atomic E-state index is 0.196. The summed E-state index contributed by atoms with van der Waals surface area (Å²) in [6.07, 6.45) is 1.15. The fourth-order valence-electron chi connectivity index (χ4n) is 2.86. The number of carbonyl (C=O) groups excluding carboxylic acids is 1. The van der Waals surface area contributed by atoms with E-state index < -0.39 is 0 Å². The summed E-state index contributed by atoms with van der Waals surface area (Å²) in [6, 6.07) is 10.6. The quantitative estimate of drug-likeness (QED) is 0.704. The van der Waals surface area contributed by atoms with Gasteiger partial charge in [-0.25, -0.2) is 0 Å². The zero-order valence-corrected chi connectivity index (χ0v) is 9.47. The van der Waals surface area contributed by atoms with Crippen molar-refractivity contribution in [1.82, 2.24) is 9.80 Å². The fourth-order valence-corrected chi connectivity index (χ4v) is 2.86.